The van der Waals surface area contributed by atoms with Crippen LogP contribution in [0.4, 0.5) is 9.59 Å². The summed E-state index contributed by atoms with van der Waals surface area (Å²) in [6.07, 6.45) is 1.99. The molecule has 0 aromatic heterocycles. The van der Waals surface area contributed by atoms with E-state index in [0.717, 1.165) is 22.9 Å². The van der Waals surface area contributed by atoms with Crippen LogP contribution < -0.4 is 15.4 Å². The Morgan fingerprint density at radius 2 is 1.71 bits per heavy atom. The van der Waals surface area contributed by atoms with Crippen molar-refractivity contribution in [3.05, 3.63) is 64.6 Å². The maximum Gasteiger partial charge on any atom is 0.407 e. The standard InChI is InChI=1S/C20H16N2O5S/c23-18-17(28-20(25)22-18)10-13-3-7-16(8-4-13)27-15-5-1-12(2-6-15)9-14-11-26-19(24)21-14/h1-8,10,14H,9,11H2,(H,21,24)(H,22,23,25). The van der Waals surface area contributed by atoms with Gasteiger partial charge in [0.1, 0.15) is 18.1 Å². The fourth-order valence-corrected chi connectivity index (χ4v) is 3.54. The molecule has 0 spiro atoms. The van der Waals surface area contributed by atoms with E-state index in [-0.39, 0.29) is 23.3 Å². The summed E-state index contributed by atoms with van der Waals surface area (Å²) in [5.41, 5.74) is 1.88. The SMILES string of the molecule is O=C1NC(Cc2ccc(Oc3ccc(C=C4SC(=O)NC4=O)cc3)cc2)CO1. The molecule has 1 atom stereocenters. The molecule has 2 aliphatic rings. The van der Waals surface area contributed by atoms with Gasteiger partial charge >= 0.3 is 6.09 Å². The van der Waals surface area contributed by atoms with Crippen LogP contribution in [0.1, 0.15) is 11.1 Å². The quantitative estimate of drug-likeness (QED) is 0.752. The van der Waals surface area contributed by atoms with Gasteiger partial charge in [-0.05, 0) is 59.7 Å². The van der Waals surface area contributed by atoms with Crippen LogP contribution in [0.15, 0.2) is 53.4 Å². The highest BCUT2D eigenvalue weighted by Crippen LogP contribution is 2.27. The lowest BCUT2D eigenvalue weighted by Crippen LogP contribution is -2.28. The van der Waals surface area contributed by atoms with Gasteiger partial charge in [0, 0.05) is 0 Å². The van der Waals surface area contributed by atoms with Crippen molar-refractivity contribution in [2.45, 2.75) is 12.5 Å². The van der Waals surface area contributed by atoms with E-state index in [1.807, 2.05) is 36.4 Å². The second-order valence-corrected chi connectivity index (χ2v) is 7.33. The first-order valence-corrected chi connectivity index (χ1v) is 9.42. The van der Waals surface area contributed by atoms with Crippen LogP contribution >= 0.6 is 11.8 Å². The minimum Gasteiger partial charge on any atom is -0.457 e. The molecule has 3 amide bonds. The molecule has 2 N–H and O–H groups in total. The zero-order chi connectivity index (χ0) is 19.5. The molecule has 7 nitrogen and oxygen atoms in total. The van der Waals surface area contributed by atoms with E-state index in [2.05, 4.69) is 10.6 Å². The van der Waals surface area contributed by atoms with Gasteiger partial charge in [0.15, 0.2) is 0 Å². The number of ether oxygens (including phenoxy) is 2. The van der Waals surface area contributed by atoms with Crippen LogP contribution in [0.2, 0.25) is 0 Å². The molecule has 1 unspecified atom stereocenters. The lowest BCUT2D eigenvalue weighted by Gasteiger charge is -2.09. The lowest BCUT2D eigenvalue weighted by atomic mass is 10.1. The third-order valence-electron chi connectivity index (χ3n) is 4.20. The molecule has 0 radical (unpaired) electrons. The van der Waals surface area contributed by atoms with Crippen molar-refractivity contribution in [3.8, 4) is 11.5 Å². The second kappa shape index (κ2) is 7.77. The highest BCUT2D eigenvalue weighted by molar-refractivity contribution is 8.18. The number of carbonyl (C=O) groups is 3. The first kappa shape index (κ1) is 18.1. The molecular weight excluding hydrogens is 380 g/mol. The summed E-state index contributed by atoms with van der Waals surface area (Å²) in [5, 5.41) is 4.62. The number of hydrogen-bond donors (Lipinski definition) is 2. The number of imide groups is 1. The van der Waals surface area contributed by atoms with Crippen molar-refractivity contribution in [1.82, 2.24) is 10.6 Å². The number of cyclic esters (lactones) is 1. The number of benzene rings is 2. The molecule has 2 saturated heterocycles. The molecule has 0 bridgehead atoms. The van der Waals surface area contributed by atoms with Gasteiger partial charge in [-0.25, -0.2) is 4.79 Å². The Labute approximate surface area is 165 Å². The van der Waals surface area contributed by atoms with E-state index in [4.69, 9.17) is 9.47 Å². The van der Waals surface area contributed by atoms with E-state index in [0.29, 0.717) is 29.4 Å². The number of thioether (sulfide) groups is 1. The highest BCUT2D eigenvalue weighted by atomic mass is 32.2. The number of rotatable bonds is 5. The van der Waals surface area contributed by atoms with E-state index >= 15 is 0 Å². The maximum atomic E-state index is 11.6. The minimum absolute atomic E-state index is 0.00339. The third-order valence-corrected chi connectivity index (χ3v) is 5.01. The predicted octanol–water partition coefficient (Wildman–Crippen LogP) is 3.45. The zero-order valence-electron chi connectivity index (χ0n) is 14.6. The Morgan fingerprint density at radius 3 is 2.29 bits per heavy atom. The molecule has 2 fully saturated rings. The van der Waals surface area contributed by atoms with Crippen LogP contribution in [0.5, 0.6) is 11.5 Å². The summed E-state index contributed by atoms with van der Waals surface area (Å²) >= 11 is 0.887. The van der Waals surface area contributed by atoms with Gasteiger partial charge in [0.05, 0.1) is 10.9 Å². The van der Waals surface area contributed by atoms with E-state index in [9.17, 15) is 14.4 Å². The van der Waals surface area contributed by atoms with Gasteiger partial charge < -0.3 is 14.8 Å². The van der Waals surface area contributed by atoms with Crippen LogP contribution in [0.25, 0.3) is 6.08 Å². The largest absolute Gasteiger partial charge is 0.457 e. The Hall–Kier alpha value is -3.26. The molecule has 0 saturated carbocycles. The fraction of sp³-hybridized carbons (Fsp3) is 0.150. The molecule has 8 heteroatoms. The van der Waals surface area contributed by atoms with Crippen molar-refractivity contribution in [2.75, 3.05) is 6.61 Å². The zero-order valence-corrected chi connectivity index (χ0v) is 15.5. The molecule has 2 heterocycles. The highest BCUT2D eigenvalue weighted by Gasteiger charge is 2.25. The molecular formula is C20H16N2O5S. The van der Waals surface area contributed by atoms with E-state index in [1.54, 1.807) is 18.2 Å². The molecule has 142 valence electrons. The number of carbonyl (C=O) groups excluding carboxylic acids is 3. The Kier molecular flexibility index (Phi) is 5.03. The smallest absolute Gasteiger partial charge is 0.407 e. The molecule has 2 aromatic carbocycles. The molecule has 28 heavy (non-hydrogen) atoms. The van der Waals surface area contributed by atoms with Gasteiger partial charge in [0.2, 0.25) is 0 Å². The summed E-state index contributed by atoms with van der Waals surface area (Å²) in [7, 11) is 0. The second-order valence-electron chi connectivity index (χ2n) is 6.31. The van der Waals surface area contributed by atoms with Crippen molar-refractivity contribution >= 4 is 35.1 Å². The topological polar surface area (TPSA) is 93.7 Å². The maximum absolute atomic E-state index is 11.6. The van der Waals surface area contributed by atoms with Crippen molar-refractivity contribution in [1.29, 1.82) is 0 Å². The van der Waals surface area contributed by atoms with Crippen molar-refractivity contribution in [2.24, 2.45) is 0 Å². The summed E-state index contributed by atoms with van der Waals surface area (Å²) in [5.74, 6) is 0.975. The lowest BCUT2D eigenvalue weighted by molar-refractivity contribution is -0.115. The van der Waals surface area contributed by atoms with Gasteiger partial charge in [-0.15, -0.1) is 0 Å². The molecule has 2 aromatic rings. The monoisotopic (exact) mass is 396 g/mol. The third kappa shape index (κ3) is 4.34. The van der Waals surface area contributed by atoms with Crippen LogP contribution in [-0.4, -0.2) is 29.9 Å². The molecule has 2 aliphatic heterocycles. The molecule has 0 aliphatic carbocycles. The number of amides is 3. The predicted molar refractivity (Wildman–Crippen MR) is 104 cm³/mol. The number of hydrogen-bond acceptors (Lipinski definition) is 6. The first-order chi connectivity index (χ1) is 13.5. The van der Waals surface area contributed by atoms with Gasteiger partial charge in [-0.2, -0.15) is 0 Å². The van der Waals surface area contributed by atoms with Crippen molar-refractivity contribution in [3.63, 3.8) is 0 Å². The van der Waals surface area contributed by atoms with Gasteiger partial charge in [-0.1, -0.05) is 24.3 Å². The molecule has 4 rings (SSSR count). The fourth-order valence-electron chi connectivity index (χ4n) is 2.85. The summed E-state index contributed by atoms with van der Waals surface area (Å²) < 4.78 is 10.7. The van der Waals surface area contributed by atoms with Crippen LogP contribution in [0.3, 0.4) is 0 Å². The Balaban J connectivity index is 1.36. The average Bonchev–Trinajstić information content (AvgIpc) is 3.22. The first-order valence-electron chi connectivity index (χ1n) is 8.60. The van der Waals surface area contributed by atoms with Gasteiger partial charge in [-0.3, -0.25) is 14.9 Å². The Bertz CT molecular complexity index is 954. The minimum atomic E-state index is -0.376. The Morgan fingerprint density at radius 1 is 1.04 bits per heavy atom. The van der Waals surface area contributed by atoms with Crippen LogP contribution in [0, 0.1) is 0 Å². The number of nitrogens with one attached hydrogen (secondary N) is 2. The number of alkyl carbamates (subject to hydrolysis) is 1. The van der Waals surface area contributed by atoms with Crippen LogP contribution in [-0.2, 0) is 16.0 Å². The van der Waals surface area contributed by atoms with E-state index < -0.39 is 0 Å². The van der Waals surface area contributed by atoms with Crippen molar-refractivity contribution < 1.29 is 23.9 Å². The van der Waals surface area contributed by atoms with Gasteiger partial charge in [0.25, 0.3) is 11.1 Å². The normalized spacial score (nSPS) is 20.1. The van der Waals surface area contributed by atoms with E-state index in [1.165, 1.54) is 0 Å². The average molecular weight is 396 g/mol. The summed E-state index contributed by atoms with van der Waals surface area (Å²) in [4.78, 5) is 34.2. The summed E-state index contributed by atoms with van der Waals surface area (Å²) in [6, 6.07) is 14.9. The summed E-state index contributed by atoms with van der Waals surface area (Å²) in [6.45, 7) is 0.383.